The monoisotopic (exact) mass is 404 g/mol. The zero-order chi connectivity index (χ0) is 20.9. The first-order chi connectivity index (χ1) is 12.7. The molecular weight excluding hydrogens is 376 g/mol. The fraction of sp³-hybridized carbons (Fsp3) is 0.429. The molecule has 1 aromatic carbocycles. The Hall–Kier alpha value is -1.69. The van der Waals surface area contributed by atoms with Crippen LogP contribution in [-0.2, 0) is 17.0 Å². The summed E-state index contributed by atoms with van der Waals surface area (Å²) in [6.45, 7) is 9.83. The van der Waals surface area contributed by atoms with E-state index in [-0.39, 0.29) is 0 Å². The second kappa shape index (κ2) is 13.5. The van der Waals surface area contributed by atoms with Crippen LogP contribution in [0.15, 0.2) is 60.1 Å². The normalized spacial score (nSPS) is 14.4. The molecule has 0 saturated heterocycles. The first-order valence-corrected chi connectivity index (χ1v) is 10.1. The maximum absolute atomic E-state index is 12.2. The van der Waals surface area contributed by atoms with Crippen LogP contribution in [-0.4, -0.2) is 9.46 Å². The van der Waals surface area contributed by atoms with E-state index in [1.54, 1.807) is 6.08 Å². The molecule has 0 aromatic heterocycles. The lowest BCUT2D eigenvalue weighted by Gasteiger charge is -2.14. The zero-order valence-corrected chi connectivity index (χ0v) is 16.9. The molecule has 1 aromatic rings. The predicted octanol–water partition coefficient (Wildman–Crippen LogP) is 7.19. The van der Waals surface area contributed by atoms with Crippen LogP contribution in [0.2, 0.25) is 0 Å². The summed E-state index contributed by atoms with van der Waals surface area (Å²) in [5, 5.41) is 0.313. The van der Waals surface area contributed by atoms with Crippen molar-refractivity contribution in [1.82, 2.24) is 0 Å². The van der Waals surface area contributed by atoms with Gasteiger partial charge in [0.25, 0.3) is 0 Å². The molecule has 2 atom stereocenters. The number of hydrogen-bond donors (Lipinski definition) is 0. The highest BCUT2D eigenvalue weighted by molar-refractivity contribution is 7.89. The molecule has 6 heteroatoms. The highest BCUT2D eigenvalue weighted by atomic mass is 32.2. The van der Waals surface area contributed by atoms with Gasteiger partial charge in [-0.15, -0.1) is 0 Å². The smallest absolute Gasteiger partial charge is 0.254 e. The van der Waals surface area contributed by atoms with Crippen LogP contribution in [0, 0.1) is 5.82 Å². The van der Waals surface area contributed by atoms with Gasteiger partial charge < -0.3 is 0 Å². The Kier molecular flexibility index (Phi) is 12.6. The van der Waals surface area contributed by atoms with E-state index in [2.05, 4.69) is 20.4 Å². The third-order valence-corrected chi connectivity index (χ3v) is 5.65. The van der Waals surface area contributed by atoms with Crippen molar-refractivity contribution < 1.29 is 21.8 Å². The minimum absolute atomic E-state index is 0.313. The lowest BCUT2D eigenvalue weighted by atomic mass is 10.2. The van der Waals surface area contributed by atoms with Crippen molar-refractivity contribution in [1.29, 1.82) is 0 Å². The summed E-state index contributed by atoms with van der Waals surface area (Å²) < 4.78 is 59.7. The predicted molar refractivity (Wildman–Crippen MR) is 106 cm³/mol. The maximum Gasteiger partial charge on any atom is 0.416 e. The van der Waals surface area contributed by atoms with Gasteiger partial charge in [0.15, 0.2) is 0 Å². The molecule has 0 aliphatic heterocycles. The number of hydrogen-bond acceptors (Lipinski definition) is 1. The second-order valence-electron chi connectivity index (χ2n) is 5.87. The second-order valence-corrected chi connectivity index (χ2v) is 7.78. The average molecular weight is 405 g/mol. The van der Waals surface area contributed by atoms with Crippen LogP contribution in [0.25, 0.3) is 0 Å². The van der Waals surface area contributed by atoms with Crippen LogP contribution in [0.1, 0.15) is 52.0 Å². The Morgan fingerprint density at radius 2 is 1.78 bits per heavy atom. The van der Waals surface area contributed by atoms with Crippen molar-refractivity contribution in [2.45, 2.75) is 57.9 Å². The molecule has 0 saturated carbocycles. The van der Waals surface area contributed by atoms with E-state index in [0.29, 0.717) is 17.4 Å². The highest BCUT2D eigenvalue weighted by Gasteiger charge is 2.29. The largest absolute Gasteiger partial charge is 0.416 e. The fourth-order valence-corrected chi connectivity index (χ4v) is 3.55. The summed E-state index contributed by atoms with van der Waals surface area (Å²) in [6, 6.07) is 2.97. The maximum atomic E-state index is 12.2. The van der Waals surface area contributed by atoms with E-state index in [1.807, 2.05) is 25.2 Å². The molecule has 0 bridgehead atoms. The Labute approximate surface area is 162 Å². The van der Waals surface area contributed by atoms with Crippen molar-refractivity contribution in [3.8, 4) is 0 Å². The molecule has 0 amide bonds. The van der Waals surface area contributed by atoms with Crippen molar-refractivity contribution in [2.75, 3.05) is 0 Å². The third-order valence-electron chi connectivity index (χ3n) is 3.70. The van der Waals surface area contributed by atoms with Gasteiger partial charge in [-0.05, 0) is 44.0 Å². The van der Waals surface area contributed by atoms with Crippen molar-refractivity contribution in [3.05, 3.63) is 71.4 Å². The standard InChI is InChI=1S/C14H24OS.C7H4F4/c1-5-8-10-11-13(4)16(15)14(7-3)12-9-6-2;8-6-3-1-5(2-4-6)7(9,10)11/h5,8,10-11,14H,1,6-7,9,12H2,2-4H3;1-4H/b10-8-,13-11+;/t14-,16?;/m1./s1. The summed E-state index contributed by atoms with van der Waals surface area (Å²) in [5.74, 6) is -0.669. The zero-order valence-electron chi connectivity index (χ0n) is 16.1. The molecule has 0 spiro atoms. The molecule has 1 unspecified atom stereocenters. The van der Waals surface area contributed by atoms with Gasteiger partial charge in [0.1, 0.15) is 5.82 Å². The van der Waals surface area contributed by atoms with Crippen molar-refractivity contribution >= 4 is 10.8 Å². The highest BCUT2D eigenvalue weighted by Crippen LogP contribution is 2.28. The van der Waals surface area contributed by atoms with Gasteiger partial charge in [0, 0.05) is 10.2 Å². The number of halogens is 4. The van der Waals surface area contributed by atoms with Crippen LogP contribution in [0.4, 0.5) is 17.6 Å². The van der Waals surface area contributed by atoms with E-state index in [9.17, 15) is 21.8 Å². The van der Waals surface area contributed by atoms with Crippen LogP contribution in [0.3, 0.4) is 0 Å². The molecular formula is C21H28F4OS. The van der Waals surface area contributed by atoms with Crippen LogP contribution in [0.5, 0.6) is 0 Å². The van der Waals surface area contributed by atoms with E-state index in [4.69, 9.17) is 0 Å². The third kappa shape index (κ3) is 10.9. The topological polar surface area (TPSA) is 17.1 Å². The minimum atomic E-state index is -4.38. The van der Waals surface area contributed by atoms with Gasteiger partial charge in [-0.3, -0.25) is 4.21 Å². The van der Waals surface area contributed by atoms with Crippen LogP contribution >= 0.6 is 0 Å². The lowest BCUT2D eigenvalue weighted by Crippen LogP contribution is -2.14. The van der Waals surface area contributed by atoms with E-state index < -0.39 is 28.4 Å². The van der Waals surface area contributed by atoms with Gasteiger partial charge in [0.05, 0.1) is 16.4 Å². The molecule has 1 nitrogen and oxygen atoms in total. The Morgan fingerprint density at radius 1 is 1.19 bits per heavy atom. The number of allylic oxidation sites excluding steroid dienone is 5. The van der Waals surface area contributed by atoms with E-state index in [1.165, 1.54) is 12.8 Å². The number of unbranched alkanes of at least 4 members (excludes halogenated alkanes) is 1. The molecule has 0 aliphatic rings. The number of alkyl halides is 3. The van der Waals surface area contributed by atoms with Gasteiger partial charge in [0.2, 0.25) is 0 Å². The summed E-state index contributed by atoms with van der Waals surface area (Å²) in [5.41, 5.74) is -0.834. The average Bonchev–Trinajstić information content (AvgIpc) is 2.62. The summed E-state index contributed by atoms with van der Waals surface area (Å²) >= 11 is 0. The van der Waals surface area contributed by atoms with Crippen molar-refractivity contribution in [2.24, 2.45) is 0 Å². The molecule has 1 rings (SSSR count). The number of rotatable bonds is 8. The van der Waals surface area contributed by atoms with Gasteiger partial charge in [-0.2, -0.15) is 13.2 Å². The molecule has 0 heterocycles. The first-order valence-electron chi connectivity index (χ1n) is 8.86. The quantitative estimate of drug-likeness (QED) is 0.331. The Morgan fingerprint density at radius 3 is 2.22 bits per heavy atom. The summed E-state index contributed by atoms with van der Waals surface area (Å²) in [4.78, 5) is 0.959. The SMILES string of the molecule is C=C/C=C\C=C(/C)S(=O)[C@H](CC)CCCC.Fc1ccc(C(F)(F)F)cc1. The first kappa shape index (κ1) is 25.3. The Bertz CT molecular complexity index is 631. The minimum Gasteiger partial charge on any atom is -0.254 e. The molecule has 0 fully saturated rings. The van der Waals surface area contributed by atoms with Gasteiger partial charge in [-0.1, -0.05) is 57.6 Å². The van der Waals surface area contributed by atoms with E-state index in [0.717, 1.165) is 29.9 Å². The van der Waals surface area contributed by atoms with Gasteiger partial charge >= 0.3 is 6.18 Å². The molecule has 0 N–H and O–H groups in total. The van der Waals surface area contributed by atoms with Crippen LogP contribution < -0.4 is 0 Å². The molecule has 0 aliphatic carbocycles. The van der Waals surface area contributed by atoms with Crippen molar-refractivity contribution in [3.63, 3.8) is 0 Å². The lowest BCUT2D eigenvalue weighted by molar-refractivity contribution is -0.137. The fourth-order valence-electron chi connectivity index (χ4n) is 2.13. The molecule has 27 heavy (non-hydrogen) atoms. The summed E-state index contributed by atoms with van der Waals surface area (Å²) in [7, 11) is -0.832. The molecule has 0 radical (unpaired) electrons. The van der Waals surface area contributed by atoms with E-state index >= 15 is 0 Å². The number of benzene rings is 1. The molecule has 152 valence electrons. The summed E-state index contributed by atoms with van der Waals surface area (Å²) in [6.07, 6.45) is 7.41. The Balaban J connectivity index is 0.000000533. The van der Waals surface area contributed by atoms with Gasteiger partial charge in [-0.25, -0.2) is 4.39 Å².